The van der Waals surface area contributed by atoms with Crippen LogP contribution in [0.3, 0.4) is 0 Å². The van der Waals surface area contributed by atoms with Gasteiger partial charge < -0.3 is 4.74 Å². The molecule has 27 heavy (non-hydrogen) atoms. The summed E-state index contributed by atoms with van der Waals surface area (Å²) >= 11 is 0. The van der Waals surface area contributed by atoms with E-state index in [4.69, 9.17) is 0 Å². The van der Waals surface area contributed by atoms with Crippen LogP contribution in [0.4, 0.5) is 52.7 Å². The molecule has 0 saturated carbocycles. The summed E-state index contributed by atoms with van der Waals surface area (Å²) in [6, 6.07) is 0. The van der Waals surface area contributed by atoms with Crippen LogP contribution in [0.5, 0.6) is 0 Å². The number of carbonyl (C=O) groups excluding carboxylic acids is 2. The normalized spacial score (nSPS) is 13.1. The van der Waals surface area contributed by atoms with Gasteiger partial charge in [-0.1, -0.05) is 0 Å². The fourth-order valence-corrected chi connectivity index (χ4v) is 1.61. The highest BCUT2D eigenvalue weighted by Crippen LogP contribution is 2.42. The van der Waals surface area contributed by atoms with E-state index >= 15 is 0 Å². The molecule has 0 amide bonds. The molecule has 0 aromatic carbocycles. The van der Waals surface area contributed by atoms with Crippen LogP contribution in [0, 0.1) is 0 Å². The SMILES string of the molecule is CC(C(=O)OC(=O)C(C)=C(C(F)(F)F)C(F)(F)F)=C(C(F)(F)F)C(F)(F)F. The Labute approximate surface area is 141 Å². The van der Waals surface area contributed by atoms with Crippen LogP contribution >= 0.6 is 0 Å². The second-order valence-corrected chi connectivity index (χ2v) is 4.67. The molecule has 0 N–H and O–H groups in total. The van der Waals surface area contributed by atoms with Gasteiger partial charge in [0.2, 0.25) is 0 Å². The van der Waals surface area contributed by atoms with Gasteiger partial charge in [-0.25, -0.2) is 9.59 Å². The summed E-state index contributed by atoms with van der Waals surface area (Å²) in [4.78, 5) is 22.5. The van der Waals surface area contributed by atoms with Crippen LogP contribution in [0.15, 0.2) is 22.3 Å². The summed E-state index contributed by atoms with van der Waals surface area (Å²) in [5, 5.41) is 0. The third-order valence-corrected chi connectivity index (χ3v) is 2.68. The minimum atomic E-state index is -6.18. The Bertz CT molecular complexity index is 580. The van der Waals surface area contributed by atoms with E-state index in [1.54, 1.807) is 0 Å². The third-order valence-electron chi connectivity index (χ3n) is 2.68. The summed E-state index contributed by atoms with van der Waals surface area (Å²) in [6.07, 6.45) is -24.7. The van der Waals surface area contributed by atoms with Crippen LogP contribution in [0.25, 0.3) is 0 Å². The van der Waals surface area contributed by atoms with E-state index in [2.05, 4.69) is 4.74 Å². The zero-order chi connectivity index (χ0) is 22.2. The van der Waals surface area contributed by atoms with E-state index in [-0.39, 0.29) is 13.8 Å². The van der Waals surface area contributed by atoms with Crippen molar-refractivity contribution < 1.29 is 67.0 Å². The zero-order valence-electron chi connectivity index (χ0n) is 12.8. The summed E-state index contributed by atoms with van der Waals surface area (Å²) in [7, 11) is 0. The van der Waals surface area contributed by atoms with E-state index in [0.29, 0.717) is 0 Å². The van der Waals surface area contributed by atoms with Gasteiger partial charge in [-0.15, -0.1) is 0 Å². The van der Waals surface area contributed by atoms with Gasteiger partial charge in [0, 0.05) is 0 Å². The van der Waals surface area contributed by atoms with Crippen molar-refractivity contribution in [2.45, 2.75) is 38.6 Å². The first-order valence-corrected chi connectivity index (χ1v) is 6.08. The van der Waals surface area contributed by atoms with Crippen LogP contribution in [0.1, 0.15) is 13.8 Å². The van der Waals surface area contributed by atoms with E-state index < -0.39 is 58.9 Å². The third kappa shape index (κ3) is 6.46. The number of alkyl halides is 12. The minimum Gasteiger partial charge on any atom is -0.386 e. The van der Waals surface area contributed by atoms with Crippen molar-refractivity contribution in [3.05, 3.63) is 22.3 Å². The topological polar surface area (TPSA) is 43.4 Å². The maximum Gasteiger partial charge on any atom is 0.421 e. The molecule has 0 fully saturated rings. The number of rotatable bonds is 2. The lowest BCUT2D eigenvalue weighted by Gasteiger charge is -2.18. The Balaban J connectivity index is 6.11. The van der Waals surface area contributed by atoms with E-state index in [9.17, 15) is 62.3 Å². The number of esters is 2. The Morgan fingerprint density at radius 3 is 0.852 bits per heavy atom. The highest BCUT2D eigenvalue weighted by Gasteiger charge is 2.55. The molecule has 0 rings (SSSR count). The molecule has 3 nitrogen and oxygen atoms in total. The monoisotopic (exact) mass is 426 g/mol. The lowest BCUT2D eigenvalue weighted by Crippen LogP contribution is -2.32. The molecule has 0 spiro atoms. The van der Waals surface area contributed by atoms with Crippen molar-refractivity contribution in [3.8, 4) is 0 Å². The van der Waals surface area contributed by atoms with Crippen LogP contribution in [-0.4, -0.2) is 36.6 Å². The van der Waals surface area contributed by atoms with Crippen molar-refractivity contribution >= 4 is 11.9 Å². The molecule has 0 aromatic heterocycles. The average molecular weight is 426 g/mol. The number of carbonyl (C=O) groups is 2. The molecule has 0 unspecified atom stereocenters. The van der Waals surface area contributed by atoms with Gasteiger partial charge in [-0.2, -0.15) is 52.7 Å². The molecule has 0 heterocycles. The lowest BCUT2D eigenvalue weighted by molar-refractivity contribution is -0.177. The van der Waals surface area contributed by atoms with E-state index in [1.165, 1.54) is 0 Å². The molecular formula is C12H6F12O3. The molecule has 0 aliphatic carbocycles. The second-order valence-electron chi connectivity index (χ2n) is 4.67. The molecule has 15 heteroatoms. The van der Waals surface area contributed by atoms with Gasteiger partial charge in [-0.05, 0) is 13.8 Å². The zero-order valence-corrected chi connectivity index (χ0v) is 12.8. The van der Waals surface area contributed by atoms with Gasteiger partial charge in [0.05, 0.1) is 11.1 Å². The molecule has 0 atom stereocenters. The summed E-state index contributed by atoms with van der Waals surface area (Å²) in [5.41, 5.74) is -11.5. The fraction of sp³-hybridized carbons (Fsp3) is 0.500. The quantitative estimate of drug-likeness (QED) is 0.272. The second kappa shape index (κ2) is 7.42. The van der Waals surface area contributed by atoms with Gasteiger partial charge >= 0.3 is 36.6 Å². The molecule has 0 saturated heterocycles. The predicted molar refractivity (Wildman–Crippen MR) is 60.7 cm³/mol. The summed E-state index contributed by atoms with van der Waals surface area (Å²) in [6.45, 7) is -0.251. The average Bonchev–Trinajstić information content (AvgIpc) is 2.30. The highest BCUT2D eigenvalue weighted by molar-refractivity contribution is 6.02. The largest absolute Gasteiger partial charge is 0.421 e. The maximum absolute atomic E-state index is 12.4. The number of hydrogen-bond donors (Lipinski definition) is 0. The molecule has 156 valence electrons. The Kier molecular flexibility index (Phi) is 6.81. The molecule has 0 aromatic rings. The smallest absolute Gasteiger partial charge is 0.386 e. The minimum absolute atomic E-state index is 0.126. The van der Waals surface area contributed by atoms with E-state index in [1.807, 2.05) is 0 Å². The number of allylic oxidation sites excluding steroid dienone is 2. The van der Waals surface area contributed by atoms with Gasteiger partial charge in [0.25, 0.3) is 0 Å². The molecular weight excluding hydrogens is 420 g/mol. The predicted octanol–water partition coefficient (Wildman–Crippen LogP) is 4.94. The maximum atomic E-state index is 12.4. The molecule has 0 aliphatic heterocycles. The summed E-state index contributed by atoms with van der Waals surface area (Å²) < 4.78 is 152. The lowest BCUT2D eigenvalue weighted by atomic mass is 10.1. The fourth-order valence-electron chi connectivity index (χ4n) is 1.61. The number of hydrogen-bond acceptors (Lipinski definition) is 3. The van der Waals surface area contributed by atoms with Crippen LogP contribution < -0.4 is 0 Å². The first-order valence-electron chi connectivity index (χ1n) is 6.08. The van der Waals surface area contributed by atoms with Crippen LogP contribution in [0.2, 0.25) is 0 Å². The van der Waals surface area contributed by atoms with Crippen molar-refractivity contribution in [3.63, 3.8) is 0 Å². The van der Waals surface area contributed by atoms with Crippen molar-refractivity contribution in [2.75, 3.05) is 0 Å². The van der Waals surface area contributed by atoms with Crippen molar-refractivity contribution in [1.82, 2.24) is 0 Å². The molecule has 0 bridgehead atoms. The van der Waals surface area contributed by atoms with Gasteiger partial charge in [0.15, 0.2) is 0 Å². The Morgan fingerprint density at radius 2 is 0.704 bits per heavy atom. The van der Waals surface area contributed by atoms with Crippen LogP contribution in [-0.2, 0) is 14.3 Å². The highest BCUT2D eigenvalue weighted by atomic mass is 19.4. The van der Waals surface area contributed by atoms with Crippen molar-refractivity contribution in [1.29, 1.82) is 0 Å². The Morgan fingerprint density at radius 1 is 0.519 bits per heavy atom. The number of ether oxygens (including phenoxy) is 1. The van der Waals surface area contributed by atoms with E-state index in [0.717, 1.165) is 0 Å². The molecule has 0 aliphatic rings. The summed E-state index contributed by atoms with van der Waals surface area (Å²) in [5.74, 6) is -5.46. The van der Waals surface area contributed by atoms with Gasteiger partial charge in [0.1, 0.15) is 11.1 Å². The standard InChI is InChI=1S/C12H6F12O3/c1-3(5(9(13,14)15)10(16,17)18)7(25)27-8(26)4(2)6(11(19,20)21)12(22,23)24/h1-2H3. The first-order chi connectivity index (χ1) is 11.6. The van der Waals surface area contributed by atoms with Crippen molar-refractivity contribution in [2.24, 2.45) is 0 Å². The Hall–Kier alpha value is -2.22. The van der Waals surface area contributed by atoms with Gasteiger partial charge in [-0.3, -0.25) is 0 Å². The number of halogens is 12. The molecule has 0 radical (unpaired) electrons. The first kappa shape index (κ1) is 24.8.